The van der Waals surface area contributed by atoms with Crippen molar-refractivity contribution in [2.45, 2.75) is 62.5 Å². The van der Waals surface area contributed by atoms with Crippen LogP contribution < -0.4 is 0 Å². The van der Waals surface area contributed by atoms with Gasteiger partial charge in [0.25, 0.3) is 0 Å². The number of aliphatic hydroxyl groups excluding tert-OH is 2. The lowest BCUT2D eigenvalue weighted by molar-refractivity contribution is -0.102. The van der Waals surface area contributed by atoms with Crippen LogP contribution in [0, 0.1) is 0 Å². The summed E-state index contributed by atoms with van der Waals surface area (Å²) < 4.78 is 0. The maximum atomic E-state index is 11.0. The van der Waals surface area contributed by atoms with Crippen LogP contribution in [-0.2, 0) is 5.41 Å². The Morgan fingerprint density at radius 2 is 1.77 bits per heavy atom. The molecule has 3 fully saturated rings. The number of aliphatic hydroxyl groups is 2. The molecule has 22 heavy (non-hydrogen) atoms. The van der Waals surface area contributed by atoms with Gasteiger partial charge in [-0.15, -0.1) is 0 Å². The van der Waals surface area contributed by atoms with E-state index in [-0.39, 0.29) is 23.7 Å². The zero-order valence-electron chi connectivity index (χ0n) is 13.7. The molecule has 2 bridgehead atoms. The van der Waals surface area contributed by atoms with Crippen LogP contribution in [0.2, 0.25) is 0 Å². The van der Waals surface area contributed by atoms with E-state index in [9.17, 15) is 10.2 Å². The van der Waals surface area contributed by atoms with Crippen molar-refractivity contribution in [1.82, 2.24) is 4.90 Å². The molecule has 1 atom stereocenters. The minimum Gasteiger partial charge on any atom is -0.395 e. The molecule has 4 rings (SSSR count). The Morgan fingerprint density at radius 3 is 2.32 bits per heavy atom. The molecule has 3 aliphatic carbocycles. The predicted molar refractivity (Wildman–Crippen MR) is 88.9 cm³/mol. The fourth-order valence-corrected chi connectivity index (χ4v) is 4.93. The summed E-state index contributed by atoms with van der Waals surface area (Å²) in [6.45, 7) is 4.16. The smallest absolute Gasteiger partial charge is 0.0654 e. The molecular weight excluding hydrogens is 274 g/mol. The molecule has 0 heterocycles. The van der Waals surface area contributed by atoms with Gasteiger partial charge in [0.1, 0.15) is 0 Å². The van der Waals surface area contributed by atoms with Gasteiger partial charge in [-0.25, -0.2) is 0 Å². The average molecular weight is 303 g/mol. The predicted octanol–water partition coefficient (Wildman–Crippen LogP) is 2.71. The van der Waals surface area contributed by atoms with Gasteiger partial charge < -0.3 is 10.2 Å². The largest absolute Gasteiger partial charge is 0.395 e. The maximum Gasteiger partial charge on any atom is 0.0654 e. The molecule has 0 spiro atoms. The second kappa shape index (κ2) is 6.31. The Labute approximate surface area is 134 Å². The molecule has 1 aromatic carbocycles. The highest BCUT2D eigenvalue weighted by Gasteiger charge is 2.56. The number of β-amino-alcohol motifs (C(OH)–C–C–N with tert-alkyl or cyclic N) is 1. The first-order valence-corrected chi connectivity index (χ1v) is 8.76. The summed E-state index contributed by atoms with van der Waals surface area (Å²) in [6.07, 6.45) is 6.07. The molecule has 0 aliphatic heterocycles. The van der Waals surface area contributed by atoms with Gasteiger partial charge in [-0.1, -0.05) is 37.3 Å². The van der Waals surface area contributed by atoms with Crippen LogP contribution in [0.15, 0.2) is 30.3 Å². The Balaban J connectivity index is 1.84. The average Bonchev–Trinajstić information content (AvgIpc) is 2.56. The minimum absolute atomic E-state index is 0.0416. The molecule has 0 aromatic heterocycles. The number of hydrogen-bond acceptors (Lipinski definition) is 3. The lowest BCUT2D eigenvalue weighted by atomic mass is 9.53. The van der Waals surface area contributed by atoms with Crippen molar-refractivity contribution in [1.29, 1.82) is 0 Å². The van der Waals surface area contributed by atoms with Crippen molar-refractivity contribution >= 4 is 0 Å². The van der Waals surface area contributed by atoms with Crippen molar-refractivity contribution in [3.63, 3.8) is 0 Å². The number of nitrogens with zero attached hydrogens (tertiary/aromatic N) is 1. The SMILES string of the molecule is CCCN(CCO)C12CCC(c3ccccc3)(CC1)[C@H](O)C2. The molecule has 0 amide bonds. The van der Waals surface area contributed by atoms with Gasteiger partial charge in [-0.3, -0.25) is 4.90 Å². The van der Waals surface area contributed by atoms with Crippen molar-refractivity contribution in [2.75, 3.05) is 19.7 Å². The summed E-state index contributed by atoms with van der Waals surface area (Å²) in [5.74, 6) is 0. The number of rotatable bonds is 6. The summed E-state index contributed by atoms with van der Waals surface area (Å²) in [7, 11) is 0. The quantitative estimate of drug-likeness (QED) is 0.849. The van der Waals surface area contributed by atoms with Crippen LogP contribution in [-0.4, -0.2) is 46.5 Å². The topological polar surface area (TPSA) is 43.7 Å². The van der Waals surface area contributed by atoms with Gasteiger partial charge in [0.15, 0.2) is 0 Å². The van der Waals surface area contributed by atoms with Crippen molar-refractivity contribution in [3.05, 3.63) is 35.9 Å². The van der Waals surface area contributed by atoms with Gasteiger partial charge in [-0.2, -0.15) is 0 Å². The lowest BCUT2D eigenvalue weighted by Gasteiger charge is -2.60. The molecular formula is C19H29NO2. The Kier molecular flexibility index (Phi) is 4.58. The van der Waals surface area contributed by atoms with Gasteiger partial charge in [0.05, 0.1) is 12.7 Å². The monoisotopic (exact) mass is 303 g/mol. The molecule has 1 aromatic rings. The first-order valence-electron chi connectivity index (χ1n) is 8.76. The Morgan fingerprint density at radius 1 is 1.09 bits per heavy atom. The van der Waals surface area contributed by atoms with Gasteiger partial charge >= 0.3 is 0 Å². The van der Waals surface area contributed by atoms with E-state index in [0.29, 0.717) is 0 Å². The molecule has 2 N–H and O–H groups in total. The van der Waals surface area contributed by atoms with E-state index in [4.69, 9.17) is 0 Å². The van der Waals surface area contributed by atoms with Crippen molar-refractivity contribution in [3.8, 4) is 0 Å². The minimum atomic E-state index is -0.268. The van der Waals surface area contributed by atoms with Crippen molar-refractivity contribution < 1.29 is 10.2 Å². The third-order valence-electron chi connectivity index (χ3n) is 6.17. The zero-order chi connectivity index (χ0) is 15.6. The molecule has 0 radical (unpaired) electrons. The van der Waals surface area contributed by atoms with E-state index in [1.54, 1.807) is 0 Å². The first kappa shape index (κ1) is 16.0. The van der Waals surface area contributed by atoms with Crippen LogP contribution in [0.25, 0.3) is 0 Å². The lowest BCUT2D eigenvalue weighted by Crippen LogP contribution is -2.64. The Hall–Kier alpha value is -0.900. The first-order chi connectivity index (χ1) is 10.7. The second-order valence-electron chi connectivity index (χ2n) is 7.18. The van der Waals surface area contributed by atoms with Crippen molar-refractivity contribution in [2.24, 2.45) is 0 Å². The van der Waals surface area contributed by atoms with E-state index in [0.717, 1.165) is 51.6 Å². The number of benzene rings is 1. The van der Waals surface area contributed by atoms with Crippen LogP contribution in [0.3, 0.4) is 0 Å². The molecule has 3 aliphatic rings. The standard InChI is InChI=1S/C19H29NO2/c1-2-12-20(13-14-21)18-8-10-19(11-9-18,17(22)15-18)16-6-4-3-5-7-16/h3-7,17,21-22H,2,8-15H2,1H3/t17-,18?,19?/m1/s1. The number of hydrogen-bond donors (Lipinski definition) is 2. The highest BCUT2D eigenvalue weighted by atomic mass is 16.3. The summed E-state index contributed by atoms with van der Waals surface area (Å²) in [4.78, 5) is 2.45. The normalized spacial score (nSPS) is 34.3. The molecule has 3 heteroatoms. The number of fused-ring (bicyclic) bond motifs is 3. The van der Waals surface area contributed by atoms with Crippen LogP contribution in [0.4, 0.5) is 0 Å². The highest BCUT2D eigenvalue weighted by molar-refractivity contribution is 5.31. The fourth-order valence-electron chi connectivity index (χ4n) is 4.93. The Bertz CT molecular complexity index is 473. The van der Waals surface area contributed by atoms with Crippen LogP contribution in [0.5, 0.6) is 0 Å². The molecule has 3 nitrogen and oxygen atoms in total. The van der Waals surface area contributed by atoms with Crippen LogP contribution in [0.1, 0.15) is 51.0 Å². The summed E-state index contributed by atoms with van der Waals surface area (Å²) in [5.41, 5.74) is 1.37. The van der Waals surface area contributed by atoms with Crippen LogP contribution >= 0.6 is 0 Å². The van der Waals surface area contributed by atoms with E-state index < -0.39 is 0 Å². The third kappa shape index (κ3) is 2.49. The molecule has 0 saturated heterocycles. The summed E-state index contributed by atoms with van der Waals surface area (Å²) >= 11 is 0. The van der Waals surface area contributed by atoms with E-state index in [1.165, 1.54) is 5.56 Å². The fraction of sp³-hybridized carbons (Fsp3) is 0.684. The molecule has 3 saturated carbocycles. The highest BCUT2D eigenvalue weighted by Crippen LogP contribution is 2.55. The van der Waals surface area contributed by atoms with Gasteiger partial charge in [-0.05, 0) is 50.6 Å². The van der Waals surface area contributed by atoms with E-state index in [2.05, 4.69) is 36.1 Å². The summed E-state index contributed by atoms with van der Waals surface area (Å²) in [5, 5.41) is 20.4. The van der Waals surface area contributed by atoms with Gasteiger partial charge in [0, 0.05) is 17.5 Å². The molecule has 0 unspecified atom stereocenters. The zero-order valence-corrected chi connectivity index (χ0v) is 13.7. The molecule has 122 valence electrons. The summed E-state index contributed by atoms with van der Waals surface area (Å²) in [6, 6.07) is 10.6. The second-order valence-corrected chi connectivity index (χ2v) is 7.18. The van der Waals surface area contributed by atoms with E-state index >= 15 is 0 Å². The third-order valence-corrected chi connectivity index (χ3v) is 6.17. The van der Waals surface area contributed by atoms with E-state index in [1.807, 2.05) is 6.07 Å². The maximum absolute atomic E-state index is 11.0. The van der Waals surface area contributed by atoms with Gasteiger partial charge in [0.2, 0.25) is 0 Å².